The van der Waals surface area contributed by atoms with Crippen LogP contribution in [0.4, 0.5) is 0 Å². The zero-order chi connectivity index (χ0) is 24.5. The van der Waals surface area contributed by atoms with Crippen LogP contribution >= 0.6 is 0 Å². The second kappa shape index (κ2) is 9.14. The van der Waals surface area contributed by atoms with Crippen LogP contribution in [0.3, 0.4) is 0 Å². The molecule has 6 heteroatoms. The SMILES string of the molecule is COc1ccc(C(O)=C2C(=O)C(=O)N(Cc3ccncc3)[C@H]2c2ccc(C(C)(C)C)cc2)cc1. The van der Waals surface area contributed by atoms with Crippen LogP contribution in [-0.2, 0) is 21.5 Å². The molecule has 1 amide bonds. The molecule has 1 N–H and O–H groups in total. The molecule has 1 aliphatic heterocycles. The first-order chi connectivity index (χ1) is 16.2. The second-order valence-electron chi connectivity index (χ2n) is 9.38. The van der Waals surface area contributed by atoms with Crippen molar-refractivity contribution in [3.05, 3.63) is 101 Å². The molecule has 1 aromatic heterocycles. The summed E-state index contributed by atoms with van der Waals surface area (Å²) >= 11 is 0. The molecule has 2 aromatic carbocycles. The van der Waals surface area contributed by atoms with Crippen molar-refractivity contribution in [2.24, 2.45) is 0 Å². The van der Waals surface area contributed by atoms with Gasteiger partial charge in [0, 0.05) is 24.5 Å². The Kier molecular flexibility index (Phi) is 6.24. The van der Waals surface area contributed by atoms with Gasteiger partial charge >= 0.3 is 0 Å². The lowest BCUT2D eigenvalue weighted by Gasteiger charge is -2.26. The van der Waals surface area contributed by atoms with E-state index >= 15 is 0 Å². The summed E-state index contributed by atoms with van der Waals surface area (Å²) in [7, 11) is 1.56. The number of hydrogen-bond donors (Lipinski definition) is 1. The second-order valence-corrected chi connectivity index (χ2v) is 9.38. The fraction of sp³-hybridized carbons (Fsp3) is 0.250. The summed E-state index contributed by atoms with van der Waals surface area (Å²) < 4.78 is 5.19. The highest BCUT2D eigenvalue weighted by Crippen LogP contribution is 2.41. The average Bonchev–Trinajstić information content (AvgIpc) is 3.09. The Hall–Kier alpha value is -3.93. The number of carbonyl (C=O) groups excluding carboxylic acids is 2. The molecular weight excluding hydrogens is 428 g/mol. The average molecular weight is 457 g/mol. The monoisotopic (exact) mass is 456 g/mol. The highest BCUT2D eigenvalue weighted by atomic mass is 16.5. The van der Waals surface area contributed by atoms with E-state index in [1.807, 2.05) is 36.4 Å². The van der Waals surface area contributed by atoms with Crippen molar-refractivity contribution < 1.29 is 19.4 Å². The molecule has 1 aliphatic rings. The number of ketones is 1. The topological polar surface area (TPSA) is 79.7 Å². The smallest absolute Gasteiger partial charge is 0.295 e. The number of aliphatic hydroxyl groups is 1. The number of aromatic nitrogens is 1. The van der Waals surface area contributed by atoms with E-state index in [2.05, 4.69) is 25.8 Å². The summed E-state index contributed by atoms with van der Waals surface area (Å²) in [6, 6.07) is 17.5. The number of hydrogen-bond acceptors (Lipinski definition) is 5. The van der Waals surface area contributed by atoms with Gasteiger partial charge in [0.25, 0.3) is 11.7 Å². The van der Waals surface area contributed by atoms with E-state index in [-0.39, 0.29) is 23.3 Å². The van der Waals surface area contributed by atoms with Crippen molar-refractivity contribution in [3.8, 4) is 5.75 Å². The fourth-order valence-corrected chi connectivity index (χ4v) is 4.14. The van der Waals surface area contributed by atoms with Gasteiger partial charge < -0.3 is 14.7 Å². The number of methoxy groups -OCH3 is 1. The van der Waals surface area contributed by atoms with Gasteiger partial charge in [-0.1, -0.05) is 45.0 Å². The number of likely N-dealkylation sites (tertiary alicyclic amines) is 1. The van der Waals surface area contributed by atoms with Gasteiger partial charge in [0.2, 0.25) is 0 Å². The number of nitrogens with zero attached hydrogens (tertiary/aromatic N) is 2. The lowest BCUT2D eigenvalue weighted by molar-refractivity contribution is -0.140. The van der Waals surface area contributed by atoms with E-state index in [0.717, 1.165) is 16.7 Å². The van der Waals surface area contributed by atoms with Gasteiger partial charge in [0.1, 0.15) is 11.5 Å². The summed E-state index contributed by atoms with van der Waals surface area (Å²) in [4.78, 5) is 31.9. The molecule has 2 heterocycles. The first-order valence-electron chi connectivity index (χ1n) is 11.1. The molecule has 0 spiro atoms. The van der Waals surface area contributed by atoms with E-state index in [0.29, 0.717) is 11.3 Å². The third kappa shape index (κ3) is 4.44. The van der Waals surface area contributed by atoms with Gasteiger partial charge in [-0.3, -0.25) is 14.6 Å². The fourth-order valence-electron chi connectivity index (χ4n) is 4.14. The van der Waals surface area contributed by atoms with E-state index in [1.54, 1.807) is 43.8 Å². The first kappa shape index (κ1) is 23.2. The number of benzene rings is 2. The van der Waals surface area contributed by atoms with Gasteiger partial charge in [0.05, 0.1) is 18.7 Å². The summed E-state index contributed by atoms with van der Waals surface area (Å²) in [5, 5.41) is 11.2. The van der Waals surface area contributed by atoms with Crippen molar-refractivity contribution >= 4 is 17.4 Å². The van der Waals surface area contributed by atoms with Gasteiger partial charge in [-0.15, -0.1) is 0 Å². The molecule has 0 saturated carbocycles. The van der Waals surface area contributed by atoms with Gasteiger partial charge in [0.15, 0.2) is 0 Å². The van der Waals surface area contributed by atoms with E-state index in [4.69, 9.17) is 4.74 Å². The molecule has 1 fully saturated rings. The highest BCUT2D eigenvalue weighted by molar-refractivity contribution is 6.46. The third-order valence-electron chi connectivity index (χ3n) is 6.10. The van der Waals surface area contributed by atoms with Crippen LogP contribution in [0.1, 0.15) is 49.1 Å². The van der Waals surface area contributed by atoms with E-state index in [1.165, 1.54) is 4.90 Å². The maximum atomic E-state index is 13.2. The van der Waals surface area contributed by atoms with E-state index < -0.39 is 17.7 Å². The molecule has 6 nitrogen and oxygen atoms in total. The zero-order valence-electron chi connectivity index (χ0n) is 19.8. The van der Waals surface area contributed by atoms with Crippen molar-refractivity contribution in [2.45, 2.75) is 38.8 Å². The highest BCUT2D eigenvalue weighted by Gasteiger charge is 2.46. The third-order valence-corrected chi connectivity index (χ3v) is 6.10. The van der Waals surface area contributed by atoms with Crippen LogP contribution in [0.2, 0.25) is 0 Å². The number of aliphatic hydroxyl groups excluding tert-OH is 1. The van der Waals surface area contributed by atoms with Crippen LogP contribution < -0.4 is 4.74 Å². The largest absolute Gasteiger partial charge is 0.507 e. The zero-order valence-corrected chi connectivity index (χ0v) is 19.8. The maximum absolute atomic E-state index is 13.2. The van der Waals surface area contributed by atoms with Crippen molar-refractivity contribution in [1.29, 1.82) is 0 Å². The molecule has 0 aliphatic carbocycles. The van der Waals surface area contributed by atoms with E-state index in [9.17, 15) is 14.7 Å². The predicted octanol–water partition coefficient (Wildman–Crippen LogP) is 5.01. The van der Waals surface area contributed by atoms with Gasteiger partial charge in [-0.25, -0.2) is 0 Å². The van der Waals surface area contributed by atoms with Crippen LogP contribution in [0.15, 0.2) is 78.6 Å². The maximum Gasteiger partial charge on any atom is 0.295 e. The number of rotatable bonds is 5. The molecule has 0 bridgehead atoms. The molecule has 3 aromatic rings. The lowest BCUT2D eigenvalue weighted by atomic mass is 9.85. The molecule has 1 atom stereocenters. The Morgan fingerprint density at radius 2 is 1.59 bits per heavy atom. The molecule has 0 radical (unpaired) electrons. The van der Waals surface area contributed by atoms with Gasteiger partial charge in [-0.05, 0) is 58.5 Å². The standard InChI is InChI=1S/C28H28N2O4/c1-28(2,3)21-9-5-19(6-10-21)24-23(25(31)20-7-11-22(34-4)12-8-20)26(32)27(33)30(24)17-18-13-15-29-16-14-18/h5-16,24,31H,17H2,1-4H3/t24-/m0/s1. The Labute approximate surface area is 199 Å². The Morgan fingerprint density at radius 3 is 2.15 bits per heavy atom. The Balaban J connectivity index is 1.84. The van der Waals surface area contributed by atoms with Crippen LogP contribution in [0.25, 0.3) is 5.76 Å². The summed E-state index contributed by atoms with van der Waals surface area (Å²) in [6.07, 6.45) is 3.30. The quantitative estimate of drug-likeness (QED) is 0.332. The first-order valence-corrected chi connectivity index (χ1v) is 11.1. The summed E-state index contributed by atoms with van der Waals surface area (Å²) in [5.41, 5.74) is 3.22. The molecule has 0 unspecified atom stereocenters. The molecule has 34 heavy (non-hydrogen) atoms. The van der Waals surface area contributed by atoms with Crippen LogP contribution in [-0.4, -0.2) is 33.8 Å². The Bertz CT molecular complexity index is 1220. The minimum absolute atomic E-state index is 0.0412. The minimum Gasteiger partial charge on any atom is -0.507 e. The number of Topliss-reactive ketones (excluding diaryl/α,β-unsaturated/α-hetero) is 1. The number of pyridine rings is 1. The van der Waals surface area contributed by atoms with Crippen LogP contribution in [0, 0.1) is 0 Å². The lowest BCUT2D eigenvalue weighted by Crippen LogP contribution is -2.29. The molecular formula is C28H28N2O4. The number of ether oxygens (including phenoxy) is 1. The Morgan fingerprint density at radius 1 is 0.971 bits per heavy atom. The summed E-state index contributed by atoms with van der Waals surface area (Å²) in [5.74, 6) is -0.920. The molecule has 1 saturated heterocycles. The summed E-state index contributed by atoms with van der Waals surface area (Å²) in [6.45, 7) is 6.60. The van der Waals surface area contributed by atoms with Gasteiger partial charge in [-0.2, -0.15) is 0 Å². The van der Waals surface area contributed by atoms with Crippen molar-refractivity contribution in [2.75, 3.05) is 7.11 Å². The molecule has 174 valence electrons. The predicted molar refractivity (Wildman–Crippen MR) is 130 cm³/mol. The minimum atomic E-state index is -0.718. The van der Waals surface area contributed by atoms with Crippen molar-refractivity contribution in [1.82, 2.24) is 9.88 Å². The number of carbonyl (C=O) groups is 2. The normalized spacial score (nSPS) is 17.8. The number of amides is 1. The molecule has 4 rings (SSSR count). The van der Waals surface area contributed by atoms with Crippen LogP contribution in [0.5, 0.6) is 5.75 Å². The van der Waals surface area contributed by atoms with Crippen molar-refractivity contribution in [3.63, 3.8) is 0 Å².